The molecule has 2 unspecified atom stereocenters. The average molecular weight is 740 g/mol. The number of nitrogens with zero attached hydrogens (tertiary/aromatic N) is 2. The van der Waals surface area contributed by atoms with Crippen molar-refractivity contribution in [3.05, 3.63) is 95.1 Å². The minimum absolute atomic E-state index is 0.00775. The summed E-state index contributed by atoms with van der Waals surface area (Å²) in [6.07, 6.45) is -5.21. The summed E-state index contributed by atoms with van der Waals surface area (Å²) in [5.41, 5.74) is 6.53. The topological polar surface area (TPSA) is 145 Å². The van der Waals surface area contributed by atoms with Gasteiger partial charge in [0.1, 0.15) is 36.2 Å². The third-order valence-electron chi connectivity index (χ3n) is 7.93. The molecule has 1 saturated heterocycles. The van der Waals surface area contributed by atoms with Crippen LogP contribution in [0.15, 0.2) is 60.9 Å². The fourth-order valence-electron chi connectivity index (χ4n) is 5.45. The van der Waals surface area contributed by atoms with Gasteiger partial charge >= 0.3 is 18.4 Å². The SMILES string of the molecule is CC(C)(C)OC(=O)N1C[C@@H](CCc2c(F)cncc2NC(=O)C(N)C(c2ccc(F)cc2)c2ccc(F)cc2)OCC1COC(=O)NCC(F)(F)F. The highest BCUT2D eigenvalue weighted by atomic mass is 19.4. The van der Waals surface area contributed by atoms with Gasteiger partial charge in [0.05, 0.1) is 49.4 Å². The molecule has 0 aliphatic carbocycles. The van der Waals surface area contributed by atoms with Gasteiger partial charge in [-0.1, -0.05) is 24.3 Å². The van der Waals surface area contributed by atoms with Crippen LogP contribution in [-0.4, -0.2) is 84.2 Å². The number of morpholine rings is 1. The molecule has 0 saturated carbocycles. The molecule has 52 heavy (non-hydrogen) atoms. The van der Waals surface area contributed by atoms with E-state index in [9.17, 15) is 36.3 Å². The molecule has 4 rings (SSSR count). The molecule has 1 aromatic heterocycles. The molecule has 0 spiro atoms. The number of carbonyl (C=O) groups excluding carboxylic acids is 3. The molecule has 3 atom stereocenters. The molecule has 0 radical (unpaired) electrons. The number of rotatable bonds is 11. The highest BCUT2D eigenvalue weighted by Crippen LogP contribution is 2.30. The summed E-state index contributed by atoms with van der Waals surface area (Å²) >= 11 is 0. The minimum atomic E-state index is -4.65. The number of nitrogens with one attached hydrogen (secondary N) is 2. The van der Waals surface area contributed by atoms with E-state index in [4.69, 9.17) is 19.9 Å². The van der Waals surface area contributed by atoms with E-state index >= 15 is 4.39 Å². The fraction of sp³-hybridized carbons (Fsp3) is 0.429. The van der Waals surface area contributed by atoms with Crippen LogP contribution in [0.2, 0.25) is 0 Å². The van der Waals surface area contributed by atoms with Crippen LogP contribution < -0.4 is 16.4 Å². The number of pyridine rings is 1. The first-order chi connectivity index (χ1) is 24.4. The second-order valence-corrected chi connectivity index (χ2v) is 13.1. The van der Waals surface area contributed by atoms with E-state index in [1.807, 2.05) is 0 Å². The molecule has 3 aromatic rings. The maximum absolute atomic E-state index is 15.2. The van der Waals surface area contributed by atoms with Gasteiger partial charge in [-0.2, -0.15) is 13.2 Å². The van der Waals surface area contributed by atoms with Gasteiger partial charge in [0.2, 0.25) is 5.91 Å². The lowest BCUT2D eigenvalue weighted by atomic mass is 9.85. The summed E-state index contributed by atoms with van der Waals surface area (Å²) in [6.45, 7) is 2.50. The third kappa shape index (κ3) is 11.6. The summed E-state index contributed by atoms with van der Waals surface area (Å²) in [5, 5.41) is 4.21. The highest BCUT2D eigenvalue weighted by molar-refractivity contribution is 5.96. The number of carbonyl (C=O) groups is 3. The molecule has 1 aliphatic heterocycles. The molecule has 4 N–H and O–H groups in total. The number of benzene rings is 2. The van der Waals surface area contributed by atoms with Crippen LogP contribution in [0.5, 0.6) is 0 Å². The molecule has 11 nitrogen and oxygen atoms in total. The van der Waals surface area contributed by atoms with Crippen molar-refractivity contribution in [3.8, 4) is 0 Å². The largest absolute Gasteiger partial charge is 0.447 e. The van der Waals surface area contributed by atoms with Gasteiger partial charge < -0.3 is 30.6 Å². The minimum Gasteiger partial charge on any atom is -0.447 e. The van der Waals surface area contributed by atoms with Crippen LogP contribution in [0.1, 0.15) is 49.8 Å². The monoisotopic (exact) mass is 739 g/mol. The van der Waals surface area contributed by atoms with Crippen LogP contribution in [0.3, 0.4) is 0 Å². The Morgan fingerprint density at radius 1 is 0.981 bits per heavy atom. The van der Waals surface area contributed by atoms with Crippen molar-refractivity contribution in [2.24, 2.45) is 5.73 Å². The number of hydrogen-bond acceptors (Lipinski definition) is 8. The Kier molecular flexibility index (Phi) is 13.1. The highest BCUT2D eigenvalue weighted by Gasteiger charge is 2.37. The van der Waals surface area contributed by atoms with E-state index in [2.05, 4.69) is 10.3 Å². The second-order valence-electron chi connectivity index (χ2n) is 13.1. The predicted octanol–water partition coefficient (Wildman–Crippen LogP) is 5.82. The van der Waals surface area contributed by atoms with E-state index in [1.54, 1.807) is 26.1 Å². The quantitative estimate of drug-likeness (QED) is 0.209. The van der Waals surface area contributed by atoms with Crippen LogP contribution in [-0.2, 0) is 25.4 Å². The smallest absolute Gasteiger partial charge is 0.410 e. The van der Waals surface area contributed by atoms with Gasteiger partial charge in [-0.25, -0.2) is 22.8 Å². The number of ether oxygens (including phenoxy) is 3. The Morgan fingerprint density at radius 2 is 1.58 bits per heavy atom. The molecule has 0 bridgehead atoms. The molecular formula is C35H39F6N5O6. The van der Waals surface area contributed by atoms with Crippen molar-refractivity contribution in [3.63, 3.8) is 0 Å². The first-order valence-corrected chi connectivity index (χ1v) is 16.2. The molecule has 3 amide bonds. The maximum atomic E-state index is 15.2. The van der Waals surface area contributed by atoms with Crippen LogP contribution in [0, 0.1) is 17.5 Å². The fourth-order valence-corrected chi connectivity index (χ4v) is 5.45. The number of hydrogen-bond donors (Lipinski definition) is 3. The van der Waals surface area contributed by atoms with E-state index < -0.39 is 84.6 Å². The third-order valence-corrected chi connectivity index (χ3v) is 7.93. The molecular weight excluding hydrogens is 700 g/mol. The van der Waals surface area contributed by atoms with Crippen LogP contribution >= 0.6 is 0 Å². The van der Waals surface area contributed by atoms with Crippen molar-refractivity contribution in [1.82, 2.24) is 15.2 Å². The lowest BCUT2D eigenvalue weighted by Crippen LogP contribution is -2.55. The molecule has 1 aliphatic rings. The lowest BCUT2D eigenvalue weighted by Gasteiger charge is -2.39. The van der Waals surface area contributed by atoms with Crippen molar-refractivity contribution in [2.45, 2.75) is 69.5 Å². The summed E-state index contributed by atoms with van der Waals surface area (Å²) < 4.78 is 96.3. The number of anilines is 1. The van der Waals surface area contributed by atoms with Crippen molar-refractivity contribution in [2.75, 3.05) is 31.6 Å². The molecule has 2 heterocycles. The van der Waals surface area contributed by atoms with Gasteiger partial charge in [0.15, 0.2) is 0 Å². The van der Waals surface area contributed by atoms with Crippen LogP contribution in [0.25, 0.3) is 0 Å². The second kappa shape index (κ2) is 17.1. The van der Waals surface area contributed by atoms with Crippen LogP contribution in [0.4, 0.5) is 41.6 Å². The van der Waals surface area contributed by atoms with Gasteiger partial charge in [0.25, 0.3) is 0 Å². The maximum Gasteiger partial charge on any atom is 0.410 e. The summed E-state index contributed by atoms with van der Waals surface area (Å²) in [7, 11) is 0. The Morgan fingerprint density at radius 3 is 2.13 bits per heavy atom. The molecule has 2 aromatic carbocycles. The zero-order chi connectivity index (χ0) is 38.2. The summed E-state index contributed by atoms with van der Waals surface area (Å²) in [4.78, 5) is 43.6. The number of aromatic nitrogens is 1. The number of amides is 3. The van der Waals surface area contributed by atoms with Gasteiger partial charge in [-0.3, -0.25) is 14.7 Å². The first kappa shape index (κ1) is 39.9. The van der Waals surface area contributed by atoms with E-state index in [-0.39, 0.29) is 37.2 Å². The van der Waals surface area contributed by atoms with E-state index in [0.717, 1.165) is 6.20 Å². The lowest BCUT2D eigenvalue weighted by molar-refractivity contribution is -0.124. The number of alkyl halides is 3. The zero-order valence-corrected chi connectivity index (χ0v) is 28.5. The van der Waals surface area contributed by atoms with E-state index in [0.29, 0.717) is 11.1 Å². The normalized spacial score (nSPS) is 17.0. The van der Waals surface area contributed by atoms with Crippen molar-refractivity contribution in [1.29, 1.82) is 0 Å². The van der Waals surface area contributed by atoms with Gasteiger partial charge in [-0.05, 0) is 69.0 Å². The van der Waals surface area contributed by atoms with Crippen molar-refractivity contribution < 1.29 is 54.9 Å². The Hall–Kier alpha value is -4.90. The number of nitrogens with two attached hydrogens (primary N) is 1. The van der Waals surface area contributed by atoms with Gasteiger partial charge in [0, 0.05) is 11.5 Å². The van der Waals surface area contributed by atoms with Gasteiger partial charge in [-0.15, -0.1) is 0 Å². The predicted molar refractivity (Wildman–Crippen MR) is 176 cm³/mol. The first-order valence-electron chi connectivity index (χ1n) is 16.2. The molecule has 282 valence electrons. The molecule has 17 heteroatoms. The van der Waals surface area contributed by atoms with E-state index in [1.165, 1.54) is 59.6 Å². The summed E-state index contributed by atoms with van der Waals surface area (Å²) in [6, 6.07) is 8.41. The Balaban J connectivity index is 1.46. The summed E-state index contributed by atoms with van der Waals surface area (Å²) in [5.74, 6) is -3.35. The standard InChI is InChI=1S/C35H39F6N5O6/c1-34(2,3)52-33(49)46-16-25(50-17-24(46)18-51-32(48)44-19-35(39,40)41)12-13-26-27(38)14-43-15-28(26)45-31(47)30(42)29(20-4-8-22(36)9-5-20)21-6-10-23(37)11-7-21/h4-11,14-15,24-25,29-30H,12-13,16-19,42H2,1-3H3,(H,44,48)(H,45,47)/t24?,25-,30?/m1/s1. The zero-order valence-electron chi connectivity index (χ0n) is 28.5. The molecule has 1 fully saturated rings. The Labute approximate surface area is 295 Å². The Bertz CT molecular complexity index is 1640. The van der Waals surface area contributed by atoms with Crippen molar-refractivity contribution >= 4 is 23.8 Å². The average Bonchev–Trinajstić information content (AvgIpc) is 3.07. The number of alkyl carbamates (subject to hydrolysis) is 1. The number of halogens is 6.